The van der Waals surface area contributed by atoms with E-state index in [2.05, 4.69) is 70.7 Å². The van der Waals surface area contributed by atoms with Crippen LogP contribution in [0.15, 0.2) is 59.6 Å². The Bertz CT molecular complexity index is 818. The molecule has 6 heteroatoms. The highest BCUT2D eigenvalue weighted by molar-refractivity contribution is 5.79. The number of hydrogen-bond donors (Lipinski definition) is 3. The number of rotatable bonds is 10. The molecule has 1 unspecified atom stereocenters. The van der Waals surface area contributed by atoms with Crippen LogP contribution >= 0.6 is 0 Å². The van der Waals surface area contributed by atoms with Gasteiger partial charge in [0.2, 0.25) is 0 Å². The maximum absolute atomic E-state index is 9.85. The van der Waals surface area contributed by atoms with E-state index in [1.54, 1.807) is 0 Å². The molecule has 1 atom stereocenters. The van der Waals surface area contributed by atoms with Gasteiger partial charge in [0.05, 0.1) is 13.2 Å². The van der Waals surface area contributed by atoms with Gasteiger partial charge in [-0.15, -0.1) is 0 Å². The summed E-state index contributed by atoms with van der Waals surface area (Å²) in [4.78, 5) is 9.90. The van der Waals surface area contributed by atoms with Gasteiger partial charge in [-0.25, -0.2) is 4.99 Å². The monoisotopic (exact) mass is 437 g/mol. The van der Waals surface area contributed by atoms with Crippen molar-refractivity contribution in [2.45, 2.75) is 32.9 Å². The third kappa shape index (κ3) is 7.33. The number of likely N-dealkylation sites (N-methyl/N-ethyl adjacent to an activating group) is 1. The Balaban J connectivity index is 1.61. The van der Waals surface area contributed by atoms with E-state index in [-0.39, 0.29) is 12.5 Å². The Morgan fingerprint density at radius 1 is 0.906 bits per heavy atom. The highest BCUT2D eigenvalue weighted by Crippen LogP contribution is 2.15. The second kappa shape index (κ2) is 13.2. The summed E-state index contributed by atoms with van der Waals surface area (Å²) in [5.74, 6) is 0.822. The second-order valence-electron chi connectivity index (χ2n) is 8.35. The van der Waals surface area contributed by atoms with Crippen molar-refractivity contribution in [3.63, 3.8) is 0 Å². The summed E-state index contributed by atoms with van der Waals surface area (Å²) >= 11 is 0. The fraction of sp³-hybridized carbons (Fsp3) is 0.500. The summed E-state index contributed by atoms with van der Waals surface area (Å²) in [5.41, 5.74) is 3.76. The van der Waals surface area contributed by atoms with E-state index in [1.165, 1.54) is 11.1 Å². The fourth-order valence-electron chi connectivity index (χ4n) is 4.11. The number of hydrogen-bond acceptors (Lipinski definition) is 4. The standard InChI is InChI=1S/C26H39N5O/c1-3-27-26(29-19-25(21-32)22-10-6-5-7-11-22)28-18-23-12-8-9-13-24(23)20-31-16-14-30(4-2)15-17-31/h5-13,25,32H,3-4,14-21H2,1-2H3,(H2,27,28,29). The van der Waals surface area contributed by atoms with Gasteiger partial charge < -0.3 is 20.6 Å². The minimum atomic E-state index is 0.0362. The molecule has 3 N–H and O–H groups in total. The molecular weight excluding hydrogens is 398 g/mol. The number of aliphatic hydroxyl groups excluding tert-OH is 1. The zero-order valence-corrected chi connectivity index (χ0v) is 19.6. The molecular formula is C26H39N5O. The van der Waals surface area contributed by atoms with Gasteiger partial charge in [-0.2, -0.15) is 0 Å². The summed E-state index contributed by atoms with van der Waals surface area (Å²) in [6.45, 7) is 13.1. The minimum absolute atomic E-state index is 0.0362. The summed E-state index contributed by atoms with van der Waals surface area (Å²) in [6.07, 6.45) is 0. The Morgan fingerprint density at radius 2 is 1.56 bits per heavy atom. The molecule has 1 aliphatic heterocycles. The Hall–Kier alpha value is -2.41. The van der Waals surface area contributed by atoms with Crippen molar-refractivity contribution in [1.82, 2.24) is 20.4 Å². The lowest BCUT2D eigenvalue weighted by Crippen LogP contribution is -2.45. The first-order chi connectivity index (χ1) is 15.7. The topological polar surface area (TPSA) is 63.1 Å². The van der Waals surface area contributed by atoms with Crippen LogP contribution < -0.4 is 10.6 Å². The van der Waals surface area contributed by atoms with Crippen LogP contribution in [0.2, 0.25) is 0 Å². The van der Waals surface area contributed by atoms with Crippen molar-refractivity contribution in [3.05, 3.63) is 71.3 Å². The van der Waals surface area contributed by atoms with Crippen LogP contribution in [-0.4, -0.2) is 73.3 Å². The van der Waals surface area contributed by atoms with Gasteiger partial charge in [0.1, 0.15) is 0 Å². The van der Waals surface area contributed by atoms with Crippen LogP contribution in [0.5, 0.6) is 0 Å². The quantitative estimate of drug-likeness (QED) is 0.394. The number of guanidine groups is 1. The molecule has 32 heavy (non-hydrogen) atoms. The first kappa shape index (κ1) is 24.2. The third-order valence-corrected chi connectivity index (χ3v) is 6.18. The lowest BCUT2D eigenvalue weighted by Gasteiger charge is -2.34. The molecule has 2 aromatic carbocycles. The van der Waals surface area contributed by atoms with Gasteiger partial charge in [-0.05, 0) is 30.2 Å². The Morgan fingerprint density at radius 3 is 2.22 bits per heavy atom. The van der Waals surface area contributed by atoms with Crippen LogP contribution in [0, 0.1) is 0 Å². The van der Waals surface area contributed by atoms with E-state index in [1.807, 2.05) is 18.2 Å². The molecule has 1 heterocycles. The largest absolute Gasteiger partial charge is 0.396 e. The predicted octanol–water partition coefficient (Wildman–Crippen LogP) is 2.66. The van der Waals surface area contributed by atoms with E-state index >= 15 is 0 Å². The molecule has 1 saturated heterocycles. The zero-order valence-electron chi connectivity index (χ0n) is 19.6. The van der Waals surface area contributed by atoms with Gasteiger partial charge in [0.15, 0.2) is 5.96 Å². The van der Waals surface area contributed by atoms with Gasteiger partial charge in [0, 0.05) is 51.7 Å². The highest BCUT2D eigenvalue weighted by atomic mass is 16.3. The second-order valence-corrected chi connectivity index (χ2v) is 8.35. The molecule has 2 aromatic rings. The molecule has 3 rings (SSSR count). The molecule has 0 aromatic heterocycles. The first-order valence-corrected chi connectivity index (χ1v) is 11.9. The van der Waals surface area contributed by atoms with Crippen LogP contribution in [0.25, 0.3) is 0 Å². The van der Waals surface area contributed by atoms with Crippen LogP contribution in [-0.2, 0) is 13.1 Å². The molecule has 0 bridgehead atoms. The molecule has 0 radical (unpaired) electrons. The van der Waals surface area contributed by atoms with Gasteiger partial charge in [-0.3, -0.25) is 4.90 Å². The lowest BCUT2D eigenvalue weighted by atomic mass is 10.0. The highest BCUT2D eigenvalue weighted by Gasteiger charge is 2.16. The number of aliphatic imine (C=N–C) groups is 1. The molecule has 0 amide bonds. The molecule has 0 saturated carbocycles. The van der Waals surface area contributed by atoms with E-state index in [0.29, 0.717) is 13.1 Å². The molecule has 0 spiro atoms. The van der Waals surface area contributed by atoms with Gasteiger partial charge >= 0.3 is 0 Å². The minimum Gasteiger partial charge on any atom is -0.396 e. The van der Waals surface area contributed by atoms with Crippen molar-refractivity contribution in [3.8, 4) is 0 Å². The zero-order chi connectivity index (χ0) is 22.6. The molecule has 6 nitrogen and oxygen atoms in total. The average molecular weight is 438 g/mol. The van der Waals surface area contributed by atoms with E-state index < -0.39 is 0 Å². The maximum atomic E-state index is 9.85. The number of nitrogens with one attached hydrogen (secondary N) is 2. The SMILES string of the molecule is CCNC(=NCc1ccccc1CN1CCN(CC)CC1)NCC(CO)c1ccccc1. The van der Waals surface area contributed by atoms with Crippen molar-refractivity contribution in [2.24, 2.45) is 4.99 Å². The smallest absolute Gasteiger partial charge is 0.191 e. The van der Waals surface area contributed by atoms with E-state index in [9.17, 15) is 5.11 Å². The third-order valence-electron chi connectivity index (χ3n) is 6.18. The van der Waals surface area contributed by atoms with Crippen LogP contribution in [0.4, 0.5) is 0 Å². The van der Waals surface area contributed by atoms with E-state index in [4.69, 9.17) is 4.99 Å². The molecule has 1 fully saturated rings. The number of piperazine rings is 1. The Labute approximate surface area is 193 Å². The normalized spacial score (nSPS) is 16.7. The summed E-state index contributed by atoms with van der Waals surface area (Å²) in [7, 11) is 0. The maximum Gasteiger partial charge on any atom is 0.191 e. The Kier molecular flexibility index (Phi) is 10.0. The molecule has 0 aliphatic carbocycles. The van der Waals surface area contributed by atoms with Gasteiger partial charge in [0.25, 0.3) is 0 Å². The number of nitrogens with zero attached hydrogens (tertiary/aromatic N) is 3. The van der Waals surface area contributed by atoms with Crippen molar-refractivity contribution in [1.29, 1.82) is 0 Å². The average Bonchev–Trinajstić information content (AvgIpc) is 2.85. The summed E-state index contributed by atoms with van der Waals surface area (Å²) < 4.78 is 0. The van der Waals surface area contributed by atoms with Crippen molar-refractivity contribution >= 4 is 5.96 Å². The van der Waals surface area contributed by atoms with E-state index in [0.717, 1.165) is 57.3 Å². The first-order valence-electron chi connectivity index (χ1n) is 11.9. The van der Waals surface area contributed by atoms with Gasteiger partial charge in [-0.1, -0.05) is 61.5 Å². The van der Waals surface area contributed by atoms with Crippen LogP contribution in [0.1, 0.15) is 36.5 Å². The lowest BCUT2D eigenvalue weighted by molar-refractivity contribution is 0.131. The number of aliphatic hydroxyl groups is 1. The summed E-state index contributed by atoms with van der Waals surface area (Å²) in [6, 6.07) is 18.8. The van der Waals surface area contributed by atoms with Crippen LogP contribution in [0.3, 0.4) is 0 Å². The fourth-order valence-corrected chi connectivity index (χ4v) is 4.11. The predicted molar refractivity (Wildman–Crippen MR) is 133 cm³/mol. The number of benzene rings is 2. The van der Waals surface area contributed by atoms with Crippen molar-refractivity contribution < 1.29 is 5.11 Å². The molecule has 174 valence electrons. The molecule has 1 aliphatic rings. The van der Waals surface area contributed by atoms with Crippen molar-refractivity contribution in [2.75, 3.05) is 52.4 Å². The summed E-state index contributed by atoms with van der Waals surface area (Å²) in [5, 5.41) is 16.6.